The van der Waals surface area contributed by atoms with Gasteiger partial charge in [-0.1, -0.05) is 54.4 Å². The largest absolute Gasteiger partial charge is 0.313 e. The molecule has 1 N–H and O–H groups in total. The van der Waals surface area contributed by atoms with E-state index in [0.29, 0.717) is 0 Å². The van der Waals surface area contributed by atoms with E-state index in [1.54, 1.807) is 0 Å². The van der Waals surface area contributed by atoms with Crippen LogP contribution >= 0.6 is 11.6 Å². The highest BCUT2D eigenvalue weighted by molar-refractivity contribution is 6.30. The Bertz CT molecular complexity index is 534. The fourth-order valence-electron chi connectivity index (χ4n) is 2.03. The SMILES string of the molecule is CCNCc1ccc(C)cc1-c1cccc(Cl)c1. The number of benzene rings is 2. The molecule has 0 heterocycles. The van der Waals surface area contributed by atoms with Crippen LogP contribution in [0.4, 0.5) is 0 Å². The summed E-state index contributed by atoms with van der Waals surface area (Å²) < 4.78 is 0. The van der Waals surface area contributed by atoms with Gasteiger partial charge in [-0.3, -0.25) is 0 Å². The van der Waals surface area contributed by atoms with Crippen LogP contribution in [0, 0.1) is 6.92 Å². The summed E-state index contributed by atoms with van der Waals surface area (Å²) in [6.07, 6.45) is 0. The summed E-state index contributed by atoms with van der Waals surface area (Å²) in [7, 11) is 0. The van der Waals surface area contributed by atoms with Gasteiger partial charge in [-0.05, 0) is 42.3 Å². The van der Waals surface area contributed by atoms with E-state index in [1.165, 1.54) is 22.3 Å². The highest BCUT2D eigenvalue weighted by Crippen LogP contribution is 2.27. The molecule has 94 valence electrons. The predicted octanol–water partition coefficient (Wildman–Crippen LogP) is 4.42. The number of rotatable bonds is 4. The number of halogens is 1. The van der Waals surface area contributed by atoms with Gasteiger partial charge in [-0.15, -0.1) is 0 Å². The lowest BCUT2D eigenvalue weighted by Gasteiger charge is -2.11. The monoisotopic (exact) mass is 259 g/mol. The first-order chi connectivity index (χ1) is 8.70. The van der Waals surface area contributed by atoms with Crippen LogP contribution in [0.3, 0.4) is 0 Å². The second-order valence-corrected chi connectivity index (χ2v) is 4.89. The second kappa shape index (κ2) is 6.03. The molecule has 0 aliphatic carbocycles. The maximum absolute atomic E-state index is 6.08. The van der Waals surface area contributed by atoms with E-state index in [2.05, 4.69) is 43.4 Å². The van der Waals surface area contributed by atoms with E-state index in [4.69, 9.17) is 11.6 Å². The van der Waals surface area contributed by atoms with Crippen LogP contribution < -0.4 is 5.32 Å². The second-order valence-electron chi connectivity index (χ2n) is 4.45. The van der Waals surface area contributed by atoms with Crippen molar-refractivity contribution in [1.82, 2.24) is 5.32 Å². The molecular weight excluding hydrogens is 242 g/mol. The van der Waals surface area contributed by atoms with E-state index in [0.717, 1.165) is 18.1 Å². The fourth-order valence-corrected chi connectivity index (χ4v) is 2.22. The third-order valence-electron chi connectivity index (χ3n) is 2.97. The number of nitrogens with one attached hydrogen (secondary N) is 1. The zero-order valence-corrected chi connectivity index (χ0v) is 11.6. The van der Waals surface area contributed by atoms with Crippen LogP contribution in [-0.2, 0) is 6.54 Å². The molecule has 0 aliphatic heterocycles. The summed E-state index contributed by atoms with van der Waals surface area (Å²) in [5, 5.41) is 4.16. The lowest BCUT2D eigenvalue weighted by molar-refractivity contribution is 0.728. The van der Waals surface area contributed by atoms with E-state index in [-0.39, 0.29) is 0 Å². The minimum atomic E-state index is 0.781. The highest BCUT2D eigenvalue weighted by atomic mass is 35.5. The molecule has 0 spiro atoms. The fraction of sp³-hybridized carbons (Fsp3) is 0.250. The Morgan fingerprint density at radius 2 is 1.94 bits per heavy atom. The number of hydrogen-bond acceptors (Lipinski definition) is 1. The zero-order valence-electron chi connectivity index (χ0n) is 10.8. The molecule has 0 saturated heterocycles. The van der Waals surface area contributed by atoms with Gasteiger partial charge in [0, 0.05) is 11.6 Å². The van der Waals surface area contributed by atoms with Crippen LogP contribution in [0.1, 0.15) is 18.1 Å². The summed E-state index contributed by atoms with van der Waals surface area (Å²) >= 11 is 6.08. The summed E-state index contributed by atoms with van der Waals surface area (Å²) in [4.78, 5) is 0. The van der Waals surface area contributed by atoms with Crippen molar-refractivity contribution in [2.75, 3.05) is 6.54 Å². The lowest BCUT2D eigenvalue weighted by atomic mass is 9.97. The predicted molar refractivity (Wildman–Crippen MR) is 79.0 cm³/mol. The van der Waals surface area contributed by atoms with Gasteiger partial charge in [0.25, 0.3) is 0 Å². The Hall–Kier alpha value is -1.31. The minimum Gasteiger partial charge on any atom is -0.313 e. The third kappa shape index (κ3) is 3.12. The average Bonchev–Trinajstić information content (AvgIpc) is 2.37. The van der Waals surface area contributed by atoms with Crippen LogP contribution in [0.25, 0.3) is 11.1 Å². The van der Waals surface area contributed by atoms with Crippen LogP contribution in [0.2, 0.25) is 5.02 Å². The first kappa shape index (κ1) is 13.1. The van der Waals surface area contributed by atoms with Crippen molar-refractivity contribution >= 4 is 11.6 Å². The molecule has 0 unspecified atom stereocenters. The van der Waals surface area contributed by atoms with Crippen molar-refractivity contribution in [3.8, 4) is 11.1 Å². The molecule has 0 aliphatic rings. The Balaban J connectivity index is 2.44. The Kier molecular flexibility index (Phi) is 4.40. The maximum Gasteiger partial charge on any atom is 0.0412 e. The molecule has 1 nitrogen and oxygen atoms in total. The van der Waals surface area contributed by atoms with Crippen molar-refractivity contribution in [2.24, 2.45) is 0 Å². The van der Waals surface area contributed by atoms with E-state index in [1.807, 2.05) is 18.2 Å². The summed E-state index contributed by atoms with van der Waals surface area (Å²) in [5.41, 5.74) is 5.02. The molecule has 0 fully saturated rings. The van der Waals surface area contributed by atoms with Crippen molar-refractivity contribution in [3.63, 3.8) is 0 Å². The average molecular weight is 260 g/mol. The minimum absolute atomic E-state index is 0.781. The van der Waals surface area contributed by atoms with Crippen LogP contribution in [-0.4, -0.2) is 6.54 Å². The topological polar surface area (TPSA) is 12.0 Å². The maximum atomic E-state index is 6.08. The molecule has 2 aromatic rings. The Morgan fingerprint density at radius 1 is 1.11 bits per heavy atom. The number of aryl methyl sites for hydroxylation is 1. The molecule has 2 aromatic carbocycles. The van der Waals surface area contributed by atoms with Crippen LogP contribution in [0.5, 0.6) is 0 Å². The van der Waals surface area contributed by atoms with Gasteiger partial charge in [0.2, 0.25) is 0 Å². The zero-order chi connectivity index (χ0) is 13.0. The molecule has 0 atom stereocenters. The Labute approximate surface area is 114 Å². The molecule has 0 saturated carbocycles. The van der Waals surface area contributed by atoms with E-state index in [9.17, 15) is 0 Å². The quantitative estimate of drug-likeness (QED) is 0.857. The van der Waals surface area contributed by atoms with Gasteiger partial charge in [-0.2, -0.15) is 0 Å². The third-order valence-corrected chi connectivity index (χ3v) is 3.20. The Morgan fingerprint density at radius 3 is 2.67 bits per heavy atom. The van der Waals surface area contributed by atoms with Crippen molar-refractivity contribution in [2.45, 2.75) is 20.4 Å². The van der Waals surface area contributed by atoms with Gasteiger partial charge in [0.05, 0.1) is 0 Å². The van der Waals surface area contributed by atoms with Gasteiger partial charge < -0.3 is 5.32 Å². The van der Waals surface area contributed by atoms with Crippen molar-refractivity contribution < 1.29 is 0 Å². The first-order valence-corrected chi connectivity index (χ1v) is 6.64. The van der Waals surface area contributed by atoms with Gasteiger partial charge in [-0.25, -0.2) is 0 Å². The van der Waals surface area contributed by atoms with Crippen molar-refractivity contribution in [1.29, 1.82) is 0 Å². The molecule has 18 heavy (non-hydrogen) atoms. The molecule has 0 aromatic heterocycles. The smallest absolute Gasteiger partial charge is 0.0412 e. The van der Waals surface area contributed by atoms with Gasteiger partial charge >= 0.3 is 0 Å². The number of hydrogen-bond donors (Lipinski definition) is 1. The van der Waals surface area contributed by atoms with Crippen LogP contribution in [0.15, 0.2) is 42.5 Å². The summed E-state index contributed by atoms with van der Waals surface area (Å²) in [6.45, 7) is 6.10. The molecule has 0 bridgehead atoms. The van der Waals surface area contributed by atoms with E-state index >= 15 is 0 Å². The molecule has 0 amide bonds. The molecule has 0 radical (unpaired) electrons. The molecule has 2 rings (SSSR count). The molecule has 2 heteroatoms. The molecular formula is C16H18ClN. The normalized spacial score (nSPS) is 10.6. The standard InChI is InChI=1S/C16H18ClN/c1-3-18-11-14-8-7-12(2)9-16(14)13-5-4-6-15(17)10-13/h4-10,18H,3,11H2,1-2H3. The highest BCUT2D eigenvalue weighted by Gasteiger charge is 2.05. The summed E-state index contributed by atoms with van der Waals surface area (Å²) in [6, 6.07) is 14.6. The van der Waals surface area contributed by atoms with Gasteiger partial charge in [0.15, 0.2) is 0 Å². The van der Waals surface area contributed by atoms with Crippen molar-refractivity contribution in [3.05, 3.63) is 58.6 Å². The van der Waals surface area contributed by atoms with E-state index < -0.39 is 0 Å². The van der Waals surface area contributed by atoms with Gasteiger partial charge in [0.1, 0.15) is 0 Å². The lowest BCUT2D eigenvalue weighted by Crippen LogP contribution is -2.12. The first-order valence-electron chi connectivity index (χ1n) is 6.27. The summed E-state index contributed by atoms with van der Waals surface area (Å²) in [5.74, 6) is 0.